The van der Waals surface area contributed by atoms with Crippen LogP contribution in [-0.4, -0.2) is 30.4 Å². The van der Waals surface area contributed by atoms with Crippen molar-refractivity contribution in [2.45, 2.75) is 6.92 Å². The molecule has 0 saturated carbocycles. The van der Waals surface area contributed by atoms with Crippen molar-refractivity contribution in [3.63, 3.8) is 0 Å². The van der Waals surface area contributed by atoms with Gasteiger partial charge in [-0.2, -0.15) is 0 Å². The Balaban J connectivity index is 1.97. The lowest BCUT2D eigenvalue weighted by molar-refractivity contribution is -0.123. The van der Waals surface area contributed by atoms with Crippen molar-refractivity contribution in [2.75, 3.05) is 11.9 Å². The number of rotatable bonds is 5. The molecule has 0 unspecified atom stereocenters. The first-order valence-corrected chi connectivity index (χ1v) is 7.40. The molecule has 4 N–H and O–H groups in total. The molecule has 0 aliphatic heterocycles. The Labute approximate surface area is 139 Å². The number of nitrogens with two attached hydrogens (primary N) is 1. The Morgan fingerprint density at radius 2 is 2.08 bits per heavy atom. The van der Waals surface area contributed by atoms with Crippen LogP contribution in [0.5, 0.6) is 0 Å². The zero-order valence-corrected chi connectivity index (χ0v) is 13.3. The summed E-state index contributed by atoms with van der Waals surface area (Å²) in [7, 11) is 0. The van der Waals surface area contributed by atoms with E-state index in [9.17, 15) is 19.2 Å². The van der Waals surface area contributed by atoms with Crippen LogP contribution < -0.4 is 16.4 Å². The lowest BCUT2D eigenvalue weighted by Gasteiger charge is -2.03. The van der Waals surface area contributed by atoms with Crippen molar-refractivity contribution in [3.05, 3.63) is 40.7 Å². The maximum atomic E-state index is 11.9. The number of amides is 4. The highest BCUT2D eigenvalue weighted by Crippen LogP contribution is 2.27. The molecular weight excluding hydrogens is 338 g/mol. The molecule has 126 valence electrons. The lowest BCUT2D eigenvalue weighted by Crippen LogP contribution is -2.37. The van der Waals surface area contributed by atoms with Gasteiger partial charge in [0.25, 0.3) is 11.8 Å². The number of esters is 1. The summed E-state index contributed by atoms with van der Waals surface area (Å²) < 4.78 is 9.75. The number of carbonyl (C=O) groups is 4. The fourth-order valence-electron chi connectivity index (χ4n) is 1.70. The molecule has 0 aliphatic carbocycles. The van der Waals surface area contributed by atoms with Crippen LogP contribution in [0.2, 0.25) is 0 Å². The van der Waals surface area contributed by atoms with Gasteiger partial charge in [0.15, 0.2) is 12.4 Å². The highest BCUT2D eigenvalue weighted by atomic mass is 32.1. The molecule has 0 aliphatic rings. The van der Waals surface area contributed by atoms with Gasteiger partial charge in [-0.25, -0.2) is 9.59 Å². The van der Waals surface area contributed by atoms with Crippen molar-refractivity contribution in [3.8, 4) is 0 Å². The van der Waals surface area contributed by atoms with E-state index in [4.69, 9.17) is 14.9 Å². The van der Waals surface area contributed by atoms with Crippen LogP contribution in [-0.2, 0) is 9.53 Å². The summed E-state index contributed by atoms with van der Waals surface area (Å²) in [5, 5.41) is 4.78. The minimum Gasteiger partial charge on any atom is -0.459 e. The van der Waals surface area contributed by atoms with Gasteiger partial charge in [0.2, 0.25) is 0 Å². The van der Waals surface area contributed by atoms with E-state index in [-0.39, 0.29) is 10.6 Å². The zero-order valence-electron chi connectivity index (χ0n) is 12.5. The number of imide groups is 1. The number of thiophene rings is 1. The summed E-state index contributed by atoms with van der Waals surface area (Å²) in [5.74, 6) is -1.91. The molecule has 10 heteroatoms. The average molecular weight is 351 g/mol. The van der Waals surface area contributed by atoms with E-state index in [1.807, 2.05) is 0 Å². The minimum absolute atomic E-state index is 0.133. The molecule has 2 heterocycles. The van der Waals surface area contributed by atoms with Gasteiger partial charge in [0.1, 0.15) is 4.88 Å². The van der Waals surface area contributed by atoms with Crippen molar-refractivity contribution >= 4 is 40.2 Å². The second-order valence-electron chi connectivity index (χ2n) is 4.54. The normalized spacial score (nSPS) is 10.0. The Bertz CT molecular complexity index is 781. The van der Waals surface area contributed by atoms with Crippen molar-refractivity contribution < 1.29 is 28.3 Å². The van der Waals surface area contributed by atoms with Crippen LogP contribution in [0.15, 0.2) is 28.9 Å². The van der Waals surface area contributed by atoms with Gasteiger partial charge in [-0.1, -0.05) is 0 Å². The molecule has 9 nitrogen and oxygen atoms in total. The number of carbonyl (C=O) groups excluding carboxylic acids is 4. The summed E-state index contributed by atoms with van der Waals surface area (Å²) in [6.07, 6.45) is 1.37. The van der Waals surface area contributed by atoms with Crippen LogP contribution in [0.3, 0.4) is 0 Å². The number of urea groups is 1. The fourth-order valence-corrected chi connectivity index (χ4v) is 2.66. The largest absolute Gasteiger partial charge is 0.459 e. The average Bonchev–Trinajstić information content (AvgIpc) is 3.14. The quantitative estimate of drug-likeness (QED) is 0.692. The van der Waals surface area contributed by atoms with E-state index in [1.54, 1.807) is 24.4 Å². The van der Waals surface area contributed by atoms with E-state index in [2.05, 4.69) is 5.32 Å². The van der Waals surface area contributed by atoms with Crippen LogP contribution in [0.25, 0.3) is 0 Å². The number of anilines is 1. The van der Waals surface area contributed by atoms with Gasteiger partial charge in [0, 0.05) is 0 Å². The number of hydrogen-bond donors (Lipinski definition) is 3. The second-order valence-corrected chi connectivity index (χ2v) is 5.59. The molecule has 0 bridgehead atoms. The molecule has 0 aromatic carbocycles. The van der Waals surface area contributed by atoms with E-state index < -0.39 is 30.4 Å². The molecule has 0 saturated heterocycles. The zero-order chi connectivity index (χ0) is 17.7. The third-order valence-electron chi connectivity index (χ3n) is 2.68. The Morgan fingerprint density at radius 3 is 2.71 bits per heavy atom. The van der Waals surface area contributed by atoms with Gasteiger partial charge in [-0.05, 0) is 30.7 Å². The van der Waals surface area contributed by atoms with Crippen LogP contribution in [0.1, 0.15) is 25.8 Å². The van der Waals surface area contributed by atoms with E-state index in [0.717, 1.165) is 11.3 Å². The van der Waals surface area contributed by atoms with Crippen molar-refractivity contribution in [2.24, 2.45) is 5.73 Å². The van der Waals surface area contributed by atoms with Gasteiger partial charge < -0.3 is 20.2 Å². The monoisotopic (exact) mass is 351 g/mol. The second kappa shape index (κ2) is 7.42. The van der Waals surface area contributed by atoms with Crippen LogP contribution in [0.4, 0.5) is 9.80 Å². The molecule has 2 aromatic heterocycles. The topological polar surface area (TPSA) is 141 Å². The predicted octanol–water partition coefficient (Wildman–Crippen LogP) is 1.25. The highest BCUT2D eigenvalue weighted by molar-refractivity contribution is 7.18. The number of ether oxygens (including phenoxy) is 1. The van der Waals surface area contributed by atoms with E-state index in [0.29, 0.717) is 10.6 Å². The summed E-state index contributed by atoms with van der Waals surface area (Å²) in [4.78, 5) is 45.7. The predicted molar refractivity (Wildman–Crippen MR) is 83.7 cm³/mol. The first-order valence-electron chi connectivity index (χ1n) is 6.58. The maximum absolute atomic E-state index is 11.9. The third-order valence-corrected chi connectivity index (χ3v) is 3.81. The van der Waals surface area contributed by atoms with Crippen molar-refractivity contribution in [1.29, 1.82) is 0 Å². The standard InChI is InChI=1S/C14H13N3O6S/c1-7-5-10(17-12(19)8-3-2-4-22-8)24-11(7)13(20)23-6-9(18)16-14(15)21/h2-5H,6H2,1H3,(H,17,19)(H3,15,16,18,21). The van der Waals surface area contributed by atoms with Gasteiger partial charge in [0.05, 0.1) is 11.3 Å². The van der Waals surface area contributed by atoms with E-state index >= 15 is 0 Å². The summed E-state index contributed by atoms with van der Waals surface area (Å²) in [5.41, 5.74) is 5.33. The number of nitrogens with one attached hydrogen (secondary N) is 2. The molecule has 0 radical (unpaired) electrons. The first-order chi connectivity index (χ1) is 11.4. The molecular formula is C14H13N3O6S. The third kappa shape index (κ3) is 4.43. The molecule has 2 rings (SSSR count). The number of hydrogen-bond acceptors (Lipinski definition) is 7. The molecule has 0 fully saturated rings. The summed E-state index contributed by atoms with van der Waals surface area (Å²) in [6, 6.07) is 3.63. The Hall–Kier alpha value is -3.14. The summed E-state index contributed by atoms with van der Waals surface area (Å²) >= 11 is 0.987. The SMILES string of the molecule is Cc1cc(NC(=O)c2ccco2)sc1C(=O)OCC(=O)NC(N)=O. The van der Waals surface area contributed by atoms with Crippen molar-refractivity contribution in [1.82, 2.24) is 5.32 Å². The molecule has 2 aromatic rings. The van der Waals surface area contributed by atoms with E-state index in [1.165, 1.54) is 12.3 Å². The maximum Gasteiger partial charge on any atom is 0.349 e. The highest BCUT2D eigenvalue weighted by Gasteiger charge is 2.18. The lowest BCUT2D eigenvalue weighted by atomic mass is 10.3. The molecule has 24 heavy (non-hydrogen) atoms. The van der Waals surface area contributed by atoms with Gasteiger partial charge in [-0.15, -0.1) is 11.3 Å². The fraction of sp³-hybridized carbons (Fsp3) is 0.143. The minimum atomic E-state index is -1.04. The van der Waals surface area contributed by atoms with Crippen LogP contribution in [0, 0.1) is 6.92 Å². The summed E-state index contributed by atoms with van der Waals surface area (Å²) in [6.45, 7) is 1.01. The molecule has 4 amide bonds. The molecule has 0 spiro atoms. The Morgan fingerprint density at radius 1 is 1.33 bits per heavy atom. The van der Waals surface area contributed by atoms with Gasteiger partial charge in [-0.3, -0.25) is 14.9 Å². The van der Waals surface area contributed by atoms with Crippen LogP contribution >= 0.6 is 11.3 Å². The molecule has 0 atom stereocenters. The Kier molecular flexibility index (Phi) is 5.32. The number of furan rings is 1. The number of primary amides is 1. The first kappa shape index (κ1) is 17.2. The number of aryl methyl sites for hydroxylation is 1. The van der Waals surface area contributed by atoms with Gasteiger partial charge >= 0.3 is 12.0 Å². The smallest absolute Gasteiger partial charge is 0.349 e.